The lowest BCUT2D eigenvalue weighted by Crippen LogP contribution is -2.46. The molecule has 0 radical (unpaired) electrons. The van der Waals surface area contributed by atoms with Crippen molar-refractivity contribution in [2.75, 3.05) is 32.8 Å². The summed E-state index contributed by atoms with van der Waals surface area (Å²) in [6.45, 7) is 2.34. The monoisotopic (exact) mass is 283 g/mol. The molecule has 0 amide bonds. The predicted octanol–water partition coefficient (Wildman–Crippen LogP) is 2.14. The van der Waals surface area contributed by atoms with Gasteiger partial charge in [0, 0.05) is 19.7 Å². The molecular weight excluding hydrogens is 263 g/mol. The lowest BCUT2D eigenvalue weighted by atomic mass is 9.82. The summed E-state index contributed by atoms with van der Waals surface area (Å²) in [6, 6.07) is 0. The molecule has 1 unspecified atom stereocenters. The van der Waals surface area contributed by atoms with E-state index in [2.05, 4.69) is 4.74 Å². The Bertz CT molecular complexity index is 309. The van der Waals surface area contributed by atoms with E-state index in [0.717, 1.165) is 13.0 Å². The first-order valence-electron chi connectivity index (χ1n) is 6.33. The van der Waals surface area contributed by atoms with Crippen LogP contribution in [-0.2, 0) is 9.53 Å². The highest BCUT2D eigenvalue weighted by atomic mass is 19.4. The van der Waals surface area contributed by atoms with E-state index in [4.69, 9.17) is 5.11 Å². The number of alkyl halides is 3. The second kappa shape index (κ2) is 6.56. The molecule has 0 aromatic carbocycles. The van der Waals surface area contributed by atoms with E-state index in [1.807, 2.05) is 4.90 Å². The van der Waals surface area contributed by atoms with Gasteiger partial charge in [-0.1, -0.05) is 0 Å². The van der Waals surface area contributed by atoms with Gasteiger partial charge in [-0.3, -0.25) is 4.79 Å². The molecule has 0 aromatic rings. The first-order chi connectivity index (χ1) is 8.73. The standard InChI is InChI=1S/C12H20F3NO3/c1-11(10(17)18)4-2-5-16(8-11)6-3-7-19-9-12(13,14)15/h2-9H2,1H3,(H,17,18). The summed E-state index contributed by atoms with van der Waals surface area (Å²) in [5, 5.41) is 9.14. The van der Waals surface area contributed by atoms with Crippen LogP contribution >= 0.6 is 0 Å². The number of piperidine rings is 1. The highest BCUT2D eigenvalue weighted by Crippen LogP contribution is 2.29. The number of carboxylic acids is 1. The minimum Gasteiger partial charge on any atom is -0.481 e. The van der Waals surface area contributed by atoms with E-state index < -0.39 is 24.2 Å². The van der Waals surface area contributed by atoms with Crippen LogP contribution in [0.4, 0.5) is 13.2 Å². The number of carboxylic acid groups (broad SMARTS) is 1. The van der Waals surface area contributed by atoms with Gasteiger partial charge in [0.25, 0.3) is 0 Å². The predicted molar refractivity (Wildman–Crippen MR) is 62.9 cm³/mol. The molecule has 0 saturated carbocycles. The second-order valence-electron chi connectivity index (χ2n) is 5.27. The van der Waals surface area contributed by atoms with Gasteiger partial charge in [0.2, 0.25) is 0 Å². The van der Waals surface area contributed by atoms with Crippen molar-refractivity contribution >= 4 is 5.97 Å². The van der Waals surface area contributed by atoms with Crippen LogP contribution in [0.25, 0.3) is 0 Å². The van der Waals surface area contributed by atoms with Gasteiger partial charge in [0.15, 0.2) is 0 Å². The summed E-state index contributed by atoms with van der Waals surface area (Å²) in [6.07, 6.45) is -2.37. The third-order valence-corrected chi connectivity index (χ3v) is 3.32. The molecule has 0 bridgehead atoms. The largest absolute Gasteiger partial charge is 0.481 e. The first-order valence-corrected chi connectivity index (χ1v) is 6.33. The molecule has 1 saturated heterocycles. The Labute approximate surface area is 110 Å². The molecule has 1 heterocycles. The first kappa shape index (κ1) is 16.2. The van der Waals surface area contributed by atoms with E-state index in [1.54, 1.807) is 6.92 Å². The van der Waals surface area contributed by atoms with E-state index >= 15 is 0 Å². The normalized spacial score (nSPS) is 25.5. The number of halogens is 3. The average Bonchev–Trinajstić information content (AvgIpc) is 2.27. The molecular formula is C12H20F3NO3. The van der Waals surface area contributed by atoms with Gasteiger partial charge in [0.1, 0.15) is 6.61 Å². The summed E-state index contributed by atoms with van der Waals surface area (Å²) in [5.41, 5.74) is -0.745. The van der Waals surface area contributed by atoms with Gasteiger partial charge < -0.3 is 14.7 Å². The molecule has 1 aliphatic rings. The third kappa shape index (κ3) is 5.78. The summed E-state index contributed by atoms with van der Waals surface area (Å²) in [7, 11) is 0. The smallest absolute Gasteiger partial charge is 0.411 e. The fraction of sp³-hybridized carbons (Fsp3) is 0.917. The Morgan fingerprint density at radius 2 is 2.16 bits per heavy atom. The number of rotatable bonds is 6. The molecule has 1 aliphatic heterocycles. The SMILES string of the molecule is CC1(C(=O)O)CCCN(CCCOCC(F)(F)F)C1. The molecule has 1 N–H and O–H groups in total. The Morgan fingerprint density at radius 3 is 2.74 bits per heavy atom. The minimum absolute atomic E-state index is 0.0415. The summed E-state index contributed by atoms with van der Waals surface area (Å²) >= 11 is 0. The molecule has 112 valence electrons. The van der Waals surface area contributed by atoms with Crippen molar-refractivity contribution in [3.05, 3.63) is 0 Å². The zero-order valence-corrected chi connectivity index (χ0v) is 11.0. The number of hydrogen-bond acceptors (Lipinski definition) is 3. The topological polar surface area (TPSA) is 49.8 Å². The fourth-order valence-electron chi connectivity index (χ4n) is 2.29. The van der Waals surface area contributed by atoms with Gasteiger partial charge in [0.05, 0.1) is 5.41 Å². The van der Waals surface area contributed by atoms with Gasteiger partial charge >= 0.3 is 12.1 Å². The zero-order chi connectivity index (χ0) is 14.5. The van der Waals surface area contributed by atoms with Gasteiger partial charge in [-0.2, -0.15) is 13.2 Å². The van der Waals surface area contributed by atoms with Crippen LogP contribution in [0.5, 0.6) is 0 Å². The lowest BCUT2D eigenvalue weighted by Gasteiger charge is -2.37. The van der Waals surface area contributed by atoms with Gasteiger partial charge in [-0.25, -0.2) is 0 Å². The Hall–Kier alpha value is -0.820. The molecule has 7 heteroatoms. The summed E-state index contributed by atoms with van der Waals surface area (Å²) < 4.78 is 40.0. The maximum atomic E-state index is 11.8. The Morgan fingerprint density at radius 1 is 1.47 bits per heavy atom. The Kier molecular flexibility index (Phi) is 5.61. The lowest BCUT2D eigenvalue weighted by molar-refractivity contribution is -0.174. The van der Waals surface area contributed by atoms with Crippen LogP contribution in [-0.4, -0.2) is 55.0 Å². The molecule has 1 atom stereocenters. The summed E-state index contributed by atoms with van der Waals surface area (Å²) in [4.78, 5) is 13.1. The maximum absolute atomic E-state index is 11.8. The summed E-state index contributed by atoms with van der Waals surface area (Å²) in [5.74, 6) is -0.814. The zero-order valence-electron chi connectivity index (χ0n) is 11.0. The Balaban J connectivity index is 2.21. The van der Waals surface area contributed by atoms with Gasteiger partial charge in [-0.15, -0.1) is 0 Å². The number of hydrogen-bond donors (Lipinski definition) is 1. The van der Waals surface area contributed by atoms with Crippen molar-refractivity contribution in [1.82, 2.24) is 4.90 Å². The van der Waals surface area contributed by atoms with E-state index in [-0.39, 0.29) is 6.61 Å². The second-order valence-corrected chi connectivity index (χ2v) is 5.27. The molecule has 19 heavy (non-hydrogen) atoms. The average molecular weight is 283 g/mol. The molecule has 0 aliphatic carbocycles. The maximum Gasteiger partial charge on any atom is 0.411 e. The van der Waals surface area contributed by atoms with Crippen LogP contribution in [0.2, 0.25) is 0 Å². The molecule has 1 rings (SSSR count). The van der Waals surface area contributed by atoms with E-state index in [1.165, 1.54) is 0 Å². The number of aliphatic carboxylic acids is 1. The number of nitrogens with zero attached hydrogens (tertiary/aromatic N) is 1. The van der Waals surface area contributed by atoms with Crippen LogP contribution in [0.3, 0.4) is 0 Å². The molecule has 1 fully saturated rings. The number of likely N-dealkylation sites (tertiary alicyclic amines) is 1. The highest BCUT2D eigenvalue weighted by Gasteiger charge is 2.37. The van der Waals surface area contributed by atoms with Crippen molar-refractivity contribution in [1.29, 1.82) is 0 Å². The van der Waals surface area contributed by atoms with Crippen LogP contribution in [0, 0.1) is 5.41 Å². The quantitative estimate of drug-likeness (QED) is 0.759. The van der Waals surface area contributed by atoms with Crippen molar-refractivity contribution in [2.24, 2.45) is 5.41 Å². The van der Waals surface area contributed by atoms with Crippen molar-refractivity contribution in [2.45, 2.75) is 32.4 Å². The molecule has 0 aromatic heterocycles. The van der Waals surface area contributed by atoms with Crippen LogP contribution in [0.1, 0.15) is 26.2 Å². The number of ether oxygens (including phenoxy) is 1. The molecule has 4 nitrogen and oxygen atoms in total. The van der Waals surface area contributed by atoms with Crippen molar-refractivity contribution < 1.29 is 27.8 Å². The molecule has 0 spiro atoms. The van der Waals surface area contributed by atoms with E-state index in [0.29, 0.717) is 25.9 Å². The number of carbonyl (C=O) groups is 1. The van der Waals surface area contributed by atoms with Crippen molar-refractivity contribution in [3.8, 4) is 0 Å². The van der Waals surface area contributed by atoms with Crippen LogP contribution in [0.15, 0.2) is 0 Å². The van der Waals surface area contributed by atoms with Crippen LogP contribution < -0.4 is 0 Å². The fourth-order valence-corrected chi connectivity index (χ4v) is 2.29. The van der Waals surface area contributed by atoms with Gasteiger partial charge in [-0.05, 0) is 32.7 Å². The third-order valence-electron chi connectivity index (χ3n) is 3.32. The van der Waals surface area contributed by atoms with Crippen molar-refractivity contribution in [3.63, 3.8) is 0 Å². The van der Waals surface area contributed by atoms with E-state index in [9.17, 15) is 18.0 Å². The highest BCUT2D eigenvalue weighted by molar-refractivity contribution is 5.74. The minimum atomic E-state index is -4.28.